The first-order chi connectivity index (χ1) is 12.7. The molecule has 2 aliphatic heterocycles. The van der Waals surface area contributed by atoms with Crippen LogP contribution in [0.2, 0.25) is 0 Å². The maximum atomic E-state index is 12.8. The molecule has 138 valence electrons. The topological polar surface area (TPSA) is 52.6 Å². The quantitative estimate of drug-likeness (QED) is 0.826. The minimum absolute atomic E-state index is 0.118. The highest BCUT2D eigenvalue weighted by molar-refractivity contribution is 7.13. The van der Waals surface area contributed by atoms with E-state index in [0.717, 1.165) is 61.5 Å². The van der Waals surface area contributed by atoms with Crippen molar-refractivity contribution in [3.05, 3.63) is 40.0 Å². The Balaban J connectivity index is 1.35. The molecule has 0 N–H and O–H groups in total. The first-order valence-corrected chi connectivity index (χ1v) is 10.2. The predicted molar refractivity (Wildman–Crippen MR) is 104 cm³/mol. The van der Waals surface area contributed by atoms with Crippen LogP contribution in [0.4, 0.5) is 5.82 Å². The molecule has 2 aliphatic rings. The van der Waals surface area contributed by atoms with Gasteiger partial charge < -0.3 is 9.80 Å². The number of hydrogen-bond donors (Lipinski definition) is 0. The van der Waals surface area contributed by atoms with Crippen molar-refractivity contribution in [3.63, 3.8) is 0 Å². The van der Waals surface area contributed by atoms with E-state index in [2.05, 4.69) is 32.8 Å². The molecule has 0 unspecified atom stereocenters. The SMILES string of the molecule is Cc1cccnc1N1CCN(C(=O)c2cnc(CN3CCCC3)s2)CC1. The van der Waals surface area contributed by atoms with Crippen LogP contribution in [0, 0.1) is 6.92 Å². The first-order valence-electron chi connectivity index (χ1n) is 9.33. The van der Waals surface area contributed by atoms with Crippen molar-refractivity contribution < 1.29 is 4.79 Å². The summed E-state index contributed by atoms with van der Waals surface area (Å²) in [4.78, 5) is 29.2. The molecule has 2 saturated heterocycles. The lowest BCUT2D eigenvalue weighted by molar-refractivity contribution is 0.0751. The number of amides is 1. The Morgan fingerprint density at radius 2 is 1.88 bits per heavy atom. The molecule has 2 aromatic rings. The van der Waals surface area contributed by atoms with Crippen molar-refractivity contribution in [2.24, 2.45) is 0 Å². The second-order valence-electron chi connectivity index (χ2n) is 7.02. The largest absolute Gasteiger partial charge is 0.353 e. The van der Waals surface area contributed by atoms with E-state index >= 15 is 0 Å². The monoisotopic (exact) mass is 371 g/mol. The smallest absolute Gasteiger partial charge is 0.265 e. The molecule has 0 radical (unpaired) electrons. The van der Waals surface area contributed by atoms with Crippen molar-refractivity contribution in [2.45, 2.75) is 26.3 Å². The second-order valence-corrected chi connectivity index (χ2v) is 8.14. The van der Waals surface area contributed by atoms with Gasteiger partial charge in [-0.25, -0.2) is 9.97 Å². The number of likely N-dealkylation sites (tertiary alicyclic amines) is 1. The number of piperazine rings is 1. The van der Waals surface area contributed by atoms with Crippen LogP contribution >= 0.6 is 11.3 Å². The first kappa shape index (κ1) is 17.4. The van der Waals surface area contributed by atoms with Crippen LogP contribution in [-0.4, -0.2) is 64.9 Å². The predicted octanol–water partition coefficient (Wildman–Crippen LogP) is 2.40. The Hall–Kier alpha value is -1.99. The van der Waals surface area contributed by atoms with Crippen LogP contribution in [0.3, 0.4) is 0 Å². The Morgan fingerprint density at radius 3 is 2.62 bits per heavy atom. The van der Waals surface area contributed by atoms with Crippen molar-refractivity contribution >= 4 is 23.1 Å². The summed E-state index contributed by atoms with van der Waals surface area (Å²) in [7, 11) is 0. The molecule has 2 aromatic heterocycles. The van der Waals surface area contributed by atoms with E-state index in [1.165, 1.54) is 18.4 Å². The molecule has 6 nitrogen and oxygen atoms in total. The number of thiazole rings is 1. The van der Waals surface area contributed by atoms with Gasteiger partial charge >= 0.3 is 0 Å². The van der Waals surface area contributed by atoms with E-state index in [4.69, 9.17) is 0 Å². The summed E-state index contributed by atoms with van der Waals surface area (Å²) >= 11 is 1.55. The summed E-state index contributed by atoms with van der Waals surface area (Å²) in [6, 6.07) is 4.04. The molecule has 0 aromatic carbocycles. The molecule has 4 rings (SSSR count). The Bertz CT molecular complexity index is 763. The van der Waals surface area contributed by atoms with Crippen LogP contribution in [0.15, 0.2) is 24.5 Å². The average molecular weight is 372 g/mol. The lowest BCUT2D eigenvalue weighted by Crippen LogP contribution is -2.49. The molecule has 26 heavy (non-hydrogen) atoms. The zero-order chi connectivity index (χ0) is 17.9. The number of hydrogen-bond acceptors (Lipinski definition) is 6. The number of rotatable bonds is 4. The fraction of sp³-hybridized carbons (Fsp3) is 0.526. The van der Waals surface area contributed by atoms with Crippen molar-refractivity contribution in [1.29, 1.82) is 0 Å². The number of pyridine rings is 1. The number of aromatic nitrogens is 2. The molecule has 0 spiro atoms. The minimum atomic E-state index is 0.118. The second kappa shape index (κ2) is 7.72. The van der Waals surface area contributed by atoms with E-state index in [-0.39, 0.29) is 5.91 Å². The molecule has 7 heteroatoms. The van der Waals surface area contributed by atoms with Gasteiger partial charge in [-0.15, -0.1) is 11.3 Å². The summed E-state index contributed by atoms with van der Waals surface area (Å²) in [5.74, 6) is 1.15. The van der Waals surface area contributed by atoms with Gasteiger partial charge in [0.15, 0.2) is 0 Å². The van der Waals surface area contributed by atoms with Gasteiger partial charge in [0.1, 0.15) is 15.7 Å². The zero-order valence-corrected chi connectivity index (χ0v) is 16.0. The molecule has 0 atom stereocenters. The highest BCUT2D eigenvalue weighted by Gasteiger charge is 2.25. The minimum Gasteiger partial charge on any atom is -0.353 e. The van der Waals surface area contributed by atoms with Crippen LogP contribution < -0.4 is 4.90 Å². The molecule has 0 bridgehead atoms. The standard InChI is InChI=1S/C19H25N5OS/c1-15-5-4-6-20-18(15)23-9-11-24(12-10-23)19(25)16-13-21-17(26-16)14-22-7-2-3-8-22/h4-6,13H,2-3,7-12,14H2,1H3. The van der Waals surface area contributed by atoms with Crippen LogP contribution in [0.1, 0.15) is 33.1 Å². The molecule has 4 heterocycles. The van der Waals surface area contributed by atoms with Crippen molar-refractivity contribution in [2.75, 3.05) is 44.2 Å². The summed E-state index contributed by atoms with van der Waals surface area (Å²) in [6.07, 6.45) is 6.14. The van der Waals surface area contributed by atoms with Crippen LogP contribution in [0.5, 0.6) is 0 Å². The molecule has 2 fully saturated rings. The highest BCUT2D eigenvalue weighted by atomic mass is 32.1. The highest BCUT2D eigenvalue weighted by Crippen LogP contribution is 2.22. The van der Waals surface area contributed by atoms with Crippen molar-refractivity contribution in [3.8, 4) is 0 Å². The third-order valence-corrected chi connectivity index (χ3v) is 6.14. The summed E-state index contributed by atoms with van der Waals surface area (Å²) < 4.78 is 0. The summed E-state index contributed by atoms with van der Waals surface area (Å²) in [5.41, 5.74) is 1.18. The summed E-state index contributed by atoms with van der Waals surface area (Å²) in [5, 5.41) is 1.05. The van der Waals surface area contributed by atoms with E-state index in [1.54, 1.807) is 17.5 Å². The maximum absolute atomic E-state index is 12.8. The Morgan fingerprint density at radius 1 is 1.12 bits per heavy atom. The van der Waals surface area contributed by atoms with Gasteiger partial charge in [-0.2, -0.15) is 0 Å². The lowest BCUT2D eigenvalue weighted by atomic mass is 10.2. The van der Waals surface area contributed by atoms with Gasteiger partial charge in [0.25, 0.3) is 5.91 Å². The maximum Gasteiger partial charge on any atom is 0.265 e. The third kappa shape index (κ3) is 3.73. The molecular formula is C19H25N5OS. The van der Waals surface area contributed by atoms with Gasteiger partial charge in [0.2, 0.25) is 0 Å². The number of carbonyl (C=O) groups excluding carboxylic acids is 1. The van der Waals surface area contributed by atoms with Gasteiger partial charge in [0, 0.05) is 32.4 Å². The molecule has 0 saturated carbocycles. The fourth-order valence-electron chi connectivity index (χ4n) is 3.70. The lowest BCUT2D eigenvalue weighted by Gasteiger charge is -2.35. The average Bonchev–Trinajstić information content (AvgIpc) is 3.34. The molecule has 0 aliphatic carbocycles. The number of aryl methyl sites for hydroxylation is 1. The van der Waals surface area contributed by atoms with E-state index in [9.17, 15) is 4.79 Å². The van der Waals surface area contributed by atoms with E-state index < -0.39 is 0 Å². The van der Waals surface area contributed by atoms with Gasteiger partial charge in [0.05, 0.1) is 12.7 Å². The van der Waals surface area contributed by atoms with Gasteiger partial charge in [-0.3, -0.25) is 9.69 Å². The number of nitrogens with zero attached hydrogens (tertiary/aromatic N) is 5. The number of carbonyl (C=O) groups is 1. The van der Waals surface area contributed by atoms with Gasteiger partial charge in [-0.1, -0.05) is 6.07 Å². The molecule has 1 amide bonds. The van der Waals surface area contributed by atoms with Gasteiger partial charge in [-0.05, 0) is 44.5 Å². The van der Waals surface area contributed by atoms with Crippen molar-refractivity contribution in [1.82, 2.24) is 19.8 Å². The summed E-state index contributed by atoms with van der Waals surface area (Å²) in [6.45, 7) is 8.37. The number of anilines is 1. The normalized spacial score (nSPS) is 18.5. The van der Waals surface area contributed by atoms with Crippen LogP contribution in [0.25, 0.3) is 0 Å². The van der Waals surface area contributed by atoms with Crippen LogP contribution in [-0.2, 0) is 6.54 Å². The zero-order valence-electron chi connectivity index (χ0n) is 15.2. The Kier molecular flexibility index (Phi) is 5.17. The fourth-order valence-corrected chi connectivity index (χ4v) is 4.63. The molecular weight excluding hydrogens is 346 g/mol. The third-order valence-electron chi connectivity index (χ3n) is 5.17. The van der Waals surface area contributed by atoms with E-state index in [0.29, 0.717) is 0 Å². The van der Waals surface area contributed by atoms with E-state index in [1.807, 2.05) is 17.2 Å². The Labute approximate surface area is 158 Å².